The minimum Gasteiger partial charge on any atom is -0.373 e. The maximum Gasteiger partial charge on any atom is 0.168 e. The van der Waals surface area contributed by atoms with Gasteiger partial charge in [0.05, 0.1) is 11.0 Å². The molecule has 0 fully saturated rings. The van der Waals surface area contributed by atoms with Crippen molar-refractivity contribution >= 4 is 22.8 Å². The van der Waals surface area contributed by atoms with E-state index in [1.54, 1.807) is 11.3 Å². The van der Waals surface area contributed by atoms with Crippen LogP contribution in [0.3, 0.4) is 0 Å². The number of hydrogen-bond acceptors (Lipinski definition) is 4. The van der Waals surface area contributed by atoms with Gasteiger partial charge in [0.1, 0.15) is 10.9 Å². The highest BCUT2D eigenvalue weighted by molar-refractivity contribution is 7.16. The van der Waals surface area contributed by atoms with Crippen molar-refractivity contribution in [2.75, 3.05) is 5.32 Å². The third kappa shape index (κ3) is 2.57. The lowest BCUT2D eigenvalue weighted by molar-refractivity contribution is -0.128. The van der Waals surface area contributed by atoms with E-state index in [4.69, 9.17) is 0 Å². The normalized spacial score (nSPS) is 22.2. The highest BCUT2D eigenvalue weighted by Gasteiger charge is 2.49. The van der Waals surface area contributed by atoms with Gasteiger partial charge in [-0.05, 0) is 93.3 Å². The number of nitrogens with zero attached hydrogens (tertiary/aromatic N) is 1. The van der Waals surface area contributed by atoms with E-state index in [0.717, 1.165) is 45.8 Å². The van der Waals surface area contributed by atoms with Crippen molar-refractivity contribution in [1.29, 1.82) is 5.26 Å². The predicted molar refractivity (Wildman–Crippen MR) is 116 cm³/mol. The lowest BCUT2D eigenvalue weighted by Gasteiger charge is -2.44. The number of carbonyl (C=O) groups is 1. The Kier molecular flexibility index (Phi) is 4.28. The third-order valence-electron chi connectivity index (χ3n) is 6.33. The summed E-state index contributed by atoms with van der Waals surface area (Å²) < 4.78 is 0. The zero-order valence-electron chi connectivity index (χ0n) is 17.0. The van der Waals surface area contributed by atoms with E-state index in [2.05, 4.69) is 37.9 Å². The first-order valence-electron chi connectivity index (χ1n) is 9.87. The van der Waals surface area contributed by atoms with E-state index >= 15 is 0 Å². The van der Waals surface area contributed by atoms with Crippen LogP contribution in [0.2, 0.25) is 0 Å². The molecule has 0 amide bonds. The first-order chi connectivity index (χ1) is 13.2. The number of nitrogens with one attached hydrogen (secondary N) is 1. The Morgan fingerprint density at radius 1 is 1.29 bits per heavy atom. The summed E-state index contributed by atoms with van der Waals surface area (Å²) in [7, 11) is 0. The Morgan fingerprint density at radius 2 is 2.00 bits per heavy atom. The van der Waals surface area contributed by atoms with E-state index in [-0.39, 0.29) is 5.78 Å². The van der Waals surface area contributed by atoms with Crippen LogP contribution in [0.15, 0.2) is 24.8 Å². The first kappa shape index (κ1) is 19.0. The number of allylic oxidation sites excluding steroid dienone is 1. The molecule has 0 bridgehead atoms. The largest absolute Gasteiger partial charge is 0.373 e. The maximum atomic E-state index is 13.4. The van der Waals surface area contributed by atoms with Gasteiger partial charge in [-0.3, -0.25) is 4.79 Å². The minimum absolute atomic E-state index is 0.205. The van der Waals surface area contributed by atoms with Crippen LogP contribution in [0.25, 0.3) is 10.4 Å². The number of carbonyl (C=O) groups excluding carboxylic acids is 1. The average molecular weight is 391 g/mol. The fourth-order valence-corrected chi connectivity index (χ4v) is 6.05. The summed E-state index contributed by atoms with van der Waals surface area (Å²) in [4.78, 5) is 15.3. The molecule has 4 heteroatoms. The maximum absolute atomic E-state index is 13.4. The molecule has 0 saturated heterocycles. The molecule has 0 saturated carbocycles. The first-order valence-corrected chi connectivity index (χ1v) is 10.7. The van der Waals surface area contributed by atoms with Gasteiger partial charge in [0.15, 0.2) is 5.78 Å². The number of fused-ring (bicyclic) bond motifs is 3. The monoisotopic (exact) mass is 390 g/mol. The Hall–Kier alpha value is -2.38. The molecule has 144 valence electrons. The van der Waals surface area contributed by atoms with Crippen LogP contribution in [0.4, 0.5) is 5.69 Å². The van der Waals surface area contributed by atoms with Crippen LogP contribution in [-0.2, 0) is 23.1 Å². The van der Waals surface area contributed by atoms with Gasteiger partial charge < -0.3 is 5.32 Å². The molecule has 1 atom stereocenters. The van der Waals surface area contributed by atoms with Crippen molar-refractivity contribution in [2.45, 2.75) is 64.3 Å². The number of Topliss-reactive ketones (excluding diaryl/α,β-unsaturated/α-hetero) is 1. The summed E-state index contributed by atoms with van der Waals surface area (Å²) in [6, 6.07) is 6.47. The summed E-state index contributed by atoms with van der Waals surface area (Å²) in [5, 5.41) is 12.9. The van der Waals surface area contributed by atoms with Gasteiger partial charge in [0, 0.05) is 10.6 Å². The second-order valence-electron chi connectivity index (χ2n) is 8.80. The van der Waals surface area contributed by atoms with Gasteiger partial charge in [-0.15, -0.1) is 17.9 Å². The highest BCUT2D eigenvalue weighted by atomic mass is 32.1. The van der Waals surface area contributed by atoms with Crippen LogP contribution in [-0.4, -0.2) is 11.3 Å². The third-order valence-corrected chi connectivity index (χ3v) is 7.50. The van der Waals surface area contributed by atoms with Crippen LogP contribution in [0.5, 0.6) is 0 Å². The van der Waals surface area contributed by atoms with E-state index < -0.39 is 11.0 Å². The van der Waals surface area contributed by atoms with E-state index in [1.165, 1.54) is 16.7 Å². The number of ketones is 1. The molecule has 3 nitrogen and oxygen atoms in total. The van der Waals surface area contributed by atoms with Crippen LogP contribution >= 0.6 is 11.3 Å². The van der Waals surface area contributed by atoms with E-state index in [1.807, 2.05) is 26.0 Å². The average Bonchev–Trinajstić information content (AvgIpc) is 3.27. The van der Waals surface area contributed by atoms with Crippen LogP contribution < -0.4 is 5.32 Å². The number of thiophene rings is 1. The lowest BCUT2D eigenvalue weighted by Crippen LogP contribution is -2.55. The Balaban J connectivity index is 2.04. The van der Waals surface area contributed by atoms with Crippen molar-refractivity contribution in [3.8, 4) is 16.5 Å². The molecule has 2 aromatic rings. The highest BCUT2D eigenvalue weighted by Crippen LogP contribution is 2.50. The molecule has 2 aliphatic rings. The summed E-state index contributed by atoms with van der Waals surface area (Å²) in [6.45, 7) is 12.0. The van der Waals surface area contributed by atoms with Gasteiger partial charge in [-0.2, -0.15) is 5.26 Å². The molecular formula is C24H26N2OS. The van der Waals surface area contributed by atoms with Crippen molar-refractivity contribution < 1.29 is 4.79 Å². The number of nitriles is 1. The van der Waals surface area contributed by atoms with Crippen LogP contribution in [0.1, 0.15) is 60.7 Å². The van der Waals surface area contributed by atoms with Gasteiger partial charge >= 0.3 is 0 Å². The van der Waals surface area contributed by atoms with Crippen LogP contribution in [0, 0.1) is 18.3 Å². The topological polar surface area (TPSA) is 52.9 Å². The number of aryl methyl sites for hydroxylation is 1. The molecule has 28 heavy (non-hydrogen) atoms. The number of benzene rings is 1. The SMILES string of the molecule is C=CCC1(C)C(=O)C(C)(C)Nc2c1cc(-c1sc(C#N)cc1C)c1c2CCC1. The summed E-state index contributed by atoms with van der Waals surface area (Å²) in [5.74, 6) is 0.205. The summed E-state index contributed by atoms with van der Waals surface area (Å²) in [5.41, 5.74) is 6.12. The summed E-state index contributed by atoms with van der Waals surface area (Å²) in [6.07, 6.45) is 5.69. The van der Waals surface area contributed by atoms with Gasteiger partial charge in [0.2, 0.25) is 0 Å². The number of hydrogen-bond donors (Lipinski definition) is 1. The van der Waals surface area contributed by atoms with E-state index in [9.17, 15) is 10.1 Å². The van der Waals surface area contributed by atoms with Gasteiger partial charge in [0.25, 0.3) is 0 Å². The second-order valence-corrected chi connectivity index (χ2v) is 9.85. The fraction of sp³-hybridized carbons (Fsp3) is 0.417. The standard InChI is InChI=1S/C24H26N2OS/c1-6-10-24(5)19-12-18(21-14(2)11-15(13-25)28-21)16-8-7-9-17(16)20(19)26-23(3,4)22(24)27/h6,11-12,26H,1,7-10H2,2-5H3. The molecule has 2 heterocycles. The molecule has 1 aromatic heterocycles. The fourth-order valence-electron chi connectivity index (χ4n) is 5.04. The lowest BCUT2D eigenvalue weighted by atomic mass is 9.65. The molecule has 1 N–H and O–H groups in total. The quantitative estimate of drug-likeness (QED) is 0.685. The van der Waals surface area contributed by atoms with Crippen molar-refractivity contribution in [3.05, 3.63) is 51.9 Å². The molecule has 0 radical (unpaired) electrons. The minimum atomic E-state index is -0.602. The number of anilines is 1. The Morgan fingerprint density at radius 3 is 2.64 bits per heavy atom. The van der Waals surface area contributed by atoms with E-state index in [0.29, 0.717) is 6.42 Å². The van der Waals surface area contributed by atoms with Crippen molar-refractivity contribution in [1.82, 2.24) is 0 Å². The smallest absolute Gasteiger partial charge is 0.168 e. The predicted octanol–water partition coefficient (Wildman–Crippen LogP) is 5.69. The molecule has 1 aliphatic heterocycles. The molecule has 1 aliphatic carbocycles. The molecular weight excluding hydrogens is 364 g/mol. The molecule has 1 unspecified atom stereocenters. The summed E-state index contributed by atoms with van der Waals surface area (Å²) >= 11 is 1.56. The molecule has 1 aromatic carbocycles. The Labute approximate surface area is 171 Å². The Bertz CT molecular complexity index is 1050. The zero-order chi connectivity index (χ0) is 20.3. The van der Waals surface area contributed by atoms with Gasteiger partial charge in [-0.1, -0.05) is 6.08 Å². The molecule has 0 spiro atoms. The number of rotatable bonds is 3. The van der Waals surface area contributed by atoms with Crippen molar-refractivity contribution in [3.63, 3.8) is 0 Å². The van der Waals surface area contributed by atoms with Crippen molar-refractivity contribution in [2.24, 2.45) is 0 Å². The second kappa shape index (κ2) is 6.32. The zero-order valence-corrected chi connectivity index (χ0v) is 17.8. The van der Waals surface area contributed by atoms with Gasteiger partial charge in [-0.25, -0.2) is 0 Å². The molecule has 4 rings (SSSR count).